The lowest BCUT2D eigenvalue weighted by Crippen LogP contribution is -2.18. The van der Waals surface area contributed by atoms with E-state index in [0.717, 1.165) is 10.0 Å². The molecule has 0 aliphatic carbocycles. The number of nitrogens with zero attached hydrogens (tertiary/aromatic N) is 3. The van der Waals surface area contributed by atoms with E-state index in [1.54, 1.807) is 35.1 Å². The molecule has 8 heteroatoms. The van der Waals surface area contributed by atoms with Crippen molar-refractivity contribution in [3.63, 3.8) is 0 Å². The van der Waals surface area contributed by atoms with Crippen molar-refractivity contribution in [2.75, 3.05) is 0 Å². The minimum Gasteiger partial charge on any atom is -0.268 e. The Morgan fingerprint density at radius 1 is 1.23 bits per heavy atom. The summed E-state index contributed by atoms with van der Waals surface area (Å²) < 4.78 is 2.69. The molecule has 1 heterocycles. The van der Waals surface area contributed by atoms with Gasteiger partial charge in [-0.05, 0) is 35.9 Å². The first-order valence-electron chi connectivity index (χ1n) is 7.57. The van der Waals surface area contributed by atoms with E-state index in [4.69, 9.17) is 23.2 Å². The first kappa shape index (κ1) is 18.6. The van der Waals surface area contributed by atoms with Crippen LogP contribution in [0.4, 0.5) is 0 Å². The Hall–Kier alpha value is -2.15. The number of hydrogen-bond donors (Lipinski definition) is 1. The number of hydrazone groups is 1. The smallest absolute Gasteiger partial charge is 0.268 e. The number of aromatic nitrogens is 2. The molecule has 5 nitrogen and oxygen atoms in total. The third-order valence-electron chi connectivity index (χ3n) is 3.44. The van der Waals surface area contributed by atoms with E-state index in [-0.39, 0.29) is 5.69 Å². The van der Waals surface area contributed by atoms with Crippen LogP contribution in [0.15, 0.2) is 64.3 Å². The summed E-state index contributed by atoms with van der Waals surface area (Å²) in [5.41, 5.74) is 4.43. The minimum absolute atomic E-state index is 0.277. The van der Waals surface area contributed by atoms with E-state index in [2.05, 4.69) is 31.6 Å². The molecule has 0 spiro atoms. The molecule has 0 saturated heterocycles. The van der Waals surface area contributed by atoms with Gasteiger partial charge in [-0.15, -0.1) is 0 Å². The number of benzene rings is 2. The molecule has 0 unspecified atom stereocenters. The number of carbonyl (C=O) groups is 1. The summed E-state index contributed by atoms with van der Waals surface area (Å²) in [5, 5.41) is 9.15. The molecule has 132 valence electrons. The first-order chi connectivity index (χ1) is 12.5. The molecule has 0 bridgehead atoms. The zero-order valence-electron chi connectivity index (χ0n) is 13.4. The molecule has 1 aromatic heterocycles. The zero-order valence-corrected chi connectivity index (χ0v) is 16.5. The summed E-state index contributed by atoms with van der Waals surface area (Å²) in [5.74, 6) is -0.403. The SMILES string of the molecule is O=C(N/N=C\c1ccc(Cl)cc1Cl)c1ccn(Cc2cccc(Br)c2)n1. The van der Waals surface area contributed by atoms with Crippen LogP contribution in [0.3, 0.4) is 0 Å². The van der Waals surface area contributed by atoms with Gasteiger partial charge in [0.15, 0.2) is 5.69 Å². The maximum absolute atomic E-state index is 12.1. The van der Waals surface area contributed by atoms with Gasteiger partial charge in [0, 0.05) is 21.3 Å². The Labute approximate surface area is 168 Å². The van der Waals surface area contributed by atoms with Gasteiger partial charge < -0.3 is 0 Å². The number of halogens is 3. The number of nitrogens with one attached hydrogen (secondary N) is 1. The average Bonchev–Trinajstić information content (AvgIpc) is 3.05. The van der Waals surface area contributed by atoms with Gasteiger partial charge in [0.25, 0.3) is 5.91 Å². The van der Waals surface area contributed by atoms with Crippen LogP contribution in [0.2, 0.25) is 10.0 Å². The van der Waals surface area contributed by atoms with Gasteiger partial charge in [-0.2, -0.15) is 10.2 Å². The predicted molar refractivity (Wildman–Crippen MR) is 107 cm³/mol. The average molecular weight is 452 g/mol. The molecule has 2 aromatic carbocycles. The molecule has 0 radical (unpaired) electrons. The standard InChI is InChI=1S/C18H13BrCl2N4O/c19-14-3-1-2-12(8-14)11-25-7-6-17(24-25)18(26)23-22-10-13-4-5-15(20)9-16(13)21/h1-10H,11H2,(H,23,26)/b22-10-. The highest BCUT2D eigenvalue weighted by Crippen LogP contribution is 2.19. The zero-order chi connectivity index (χ0) is 18.5. The molecule has 0 saturated carbocycles. The third kappa shape index (κ3) is 4.94. The number of rotatable bonds is 5. The van der Waals surface area contributed by atoms with E-state index < -0.39 is 5.91 Å². The van der Waals surface area contributed by atoms with Crippen LogP contribution in [0, 0.1) is 0 Å². The van der Waals surface area contributed by atoms with Gasteiger partial charge in [-0.3, -0.25) is 9.48 Å². The Kier molecular flexibility index (Phi) is 6.08. The third-order valence-corrected chi connectivity index (χ3v) is 4.49. The summed E-state index contributed by atoms with van der Waals surface area (Å²) in [6.45, 7) is 0.566. The quantitative estimate of drug-likeness (QED) is 0.448. The van der Waals surface area contributed by atoms with E-state index in [1.165, 1.54) is 6.21 Å². The van der Waals surface area contributed by atoms with Crippen molar-refractivity contribution < 1.29 is 4.79 Å². The van der Waals surface area contributed by atoms with E-state index in [1.807, 2.05) is 24.3 Å². The molecular formula is C18H13BrCl2N4O. The highest BCUT2D eigenvalue weighted by atomic mass is 79.9. The van der Waals surface area contributed by atoms with Crippen molar-refractivity contribution in [3.05, 3.63) is 86.1 Å². The molecule has 0 atom stereocenters. The fourth-order valence-corrected chi connectivity index (χ4v) is 3.12. The van der Waals surface area contributed by atoms with Crippen LogP contribution >= 0.6 is 39.1 Å². The molecule has 3 rings (SSSR count). The lowest BCUT2D eigenvalue weighted by molar-refractivity contribution is 0.0949. The molecule has 0 aliphatic rings. The molecule has 0 aliphatic heterocycles. The van der Waals surface area contributed by atoms with Crippen LogP contribution < -0.4 is 5.43 Å². The second-order valence-corrected chi connectivity index (χ2v) is 7.15. The second kappa shape index (κ2) is 8.49. The summed E-state index contributed by atoms with van der Waals surface area (Å²) in [4.78, 5) is 12.1. The van der Waals surface area contributed by atoms with Crippen molar-refractivity contribution >= 4 is 51.3 Å². The minimum atomic E-state index is -0.403. The number of carbonyl (C=O) groups excluding carboxylic acids is 1. The molecule has 1 N–H and O–H groups in total. The van der Waals surface area contributed by atoms with E-state index in [9.17, 15) is 4.79 Å². The van der Waals surface area contributed by atoms with Gasteiger partial charge in [0.1, 0.15) is 0 Å². The second-order valence-electron chi connectivity index (χ2n) is 5.39. The highest BCUT2D eigenvalue weighted by Gasteiger charge is 2.09. The lowest BCUT2D eigenvalue weighted by atomic mass is 10.2. The Balaban J connectivity index is 1.62. The monoisotopic (exact) mass is 450 g/mol. The largest absolute Gasteiger partial charge is 0.291 e. The van der Waals surface area contributed by atoms with Crippen molar-refractivity contribution in [2.45, 2.75) is 6.54 Å². The van der Waals surface area contributed by atoms with Crippen LogP contribution in [-0.4, -0.2) is 21.9 Å². The van der Waals surface area contributed by atoms with Crippen LogP contribution in [0.1, 0.15) is 21.6 Å². The lowest BCUT2D eigenvalue weighted by Gasteiger charge is -2.02. The summed E-state index contributed by atoms with van der Waals surface area (Å²) >= 11 is 15.3. The van der Waals surface area contributed by atoms with Gasteiger partial charge in [-0.25, -0.2) is 5.43 Å². The van der Waals surface area contributed by atoms with Gasteiger partial charge in [0.05, 0.1) is 17.8 Å². The molecule has 3 aromatic rings. The Morgan fingerprint density at radius 3 is 2.85 bits per heavy atom. The Morgan fingerprint density at radius 2 is 2.08 bits per heavy atom. The maximum Gasteiger partial charge on any atom is 0.291 e. The van der Waals surface area contributed by atoms with Gasteiger partial charge in [0.2, 0.25) is 0 Å². The predicted octanol–water partition coefficient (Wildman–Crippen LogP) is 4.76. The molecule has 1 amide bonds. The highest BCUT2D eigenvalue weighted by molar-refractivity contribution is 9.10. The first-order valence-corrected chi connectivity index (χ1v) is 9.12. The number of hydrogen-bond acceptors (Lipinski definition) is 3. The van der Waals surface area contributed by atoms with E-state index in [0.29, 0.717) is 22.2 Å². The summed E-state index contributed by atoms with van der Waals surface area (Å²) in [7, 11) is 0. The summed E-state index contributed by atoms with van der Waals surface area (Å²) in [6, 6.07) is 14.6. The number of amides is 1. The van der Waals surface area contributed by atoms with Crippen LogP contribution in [0.5, 0.6) is 0 Å². The van der Waals surface area contributed by atoms with Crippen molar-refractivity contribution in [1.82, 2.24) is 15.2 Å². The Bertz CT molecular complexity index is 971. The summed E-state index contributed by atoms with van der Waals surface area (Å²) in [6.07, 6.45) is 3.20. The molecule has 26 heavy (non-hydrogen) atoms. The normalized spacial score (nSPS) is 11.0. The van der Waals surface area contributed by atoms with Crippen LogP contribution in [0.25, 0.3) is 0 Å². The maximum atomic E-state index is 12.1. The molecule has 0 fully saturated rings. The van der Waals surface area contributed by atoms with Crippen molar-refractivity contribution in [2.24, 2.45) is 5.10 Å². The molecular weight excluding hydrogens is 439 g/mol. The topological polar surface area (TPSA) is 59.3 Å². The van der Waals surface area contributed by atoms with Crippen LogP contribution in [-0.2, 0) is 6.54 Å². The van der Waals surface area contributed by atoms with Crippen molar-refractivity contribution in [1.29, 1.82) is 0 Å². The fraction of sp³-hybridized carbons (Fsp3) is 0.0556. The van der Waals surface area contributed by atoms with E-state index >= 15 is 0 Å². The van der Waals surface area contributed by atoms with Gasteiger partial charge in [-0.1, -0.05) is 57.3 Å². The fourth-order valence-electron chi connectivity index (χ4n) is 2.22. The van der Waals surface area contributed by atoms with Crippen molar-refractivity contribution in [3.8, 4) is 0 Å². The van der Waals surface area contributed by atoms with Gasteiger partial charge >= 0.3 is 0 Å².